The summed E-state index contributed by atoms with van der Waals surface area (Å²) in [6, 6.07) is 0. The maximum absolute atomic E-state index is 13.1. The van der Waals surface area contributed by atoms with Gasteiger partial charge < -0.3 is 23.5 Å². The molecular formula is C20H28N6O3. The Morgan fingerprint density at radius 3 is 2.62 bits per heavy atom. The van der Waals surface area contributed by atoms with E-state index in [2.05, 4.69) is 24.0 Å². The van der Waals surface area contributed by atoms with Crippen LogP contribution in [0.5, 0.6) is 0 Å². The van der Waals surface area contributed by atoms with Gasteiger partial charge in [-0.1, -0.05) is 0 Å². The number of likely N-dealkylation sites (tertiary alicyclic amines) is 1. The van der Waals surface area contributed by atoms with Gasteiger partial charge in [0.15, 0.2) is 6.10 Å². The van der Waals surface area contributed by atoms with Crippen molar-refractivity contribution < 1.29 is 14.3 Å². The third-order valence-electron chi connectivity index (χ3n) is 6.40. The van der Waals surface area contributed by atoms with E-state index >= 15 is 0 Å². The summed E-state index contributed by atoms with van der Waals surface area (Å²) < 4.78 is 16.1. The molecule has 1 atom stereocenters. The van der Waals surface area contributed by atoms with Crippen molar-refractivity contribution in [1.82, 2.24) is 28.9 Å². The van der Waals surface area contributed by atoms with Crippen LogP contribution in [0, 0.1) is 0 Å². The van der Waals surface area contributed by atoms with E-state index in [1.807, 2.05) is 36.7 Å². The average Bonchev–Trinajstić information content (AvgIpc) is 3.39. The summed E-state index contributed by atoms with van der Waals surface area (Å²) in [7, 11) is 2.02. The summed E-state index contributed by atoms with van der Waals surface area (Å²) >= 11 is 0. The van der Waals surface area contributed by atoms with E-state index in [1.54, 1.807) is 0 Å². The van der Waals surface area contributed by atoms with Crippen LogP contribution in [0.25, 0.3) is 0 Å². The Labute approximate surface area is 170 Å². The molecule has 2 saturated heterocycles. The largest absolute Gasteiger partial charge is 0.378 e. The highest BCUT2D eigenvalue weighted by molar-refractivity contribution is 5.81. The molecule has 1 unspecified atom stereocenters. The molecule has 156 valence electrons. The first-order valence-electron chi connectivity index (χ1n) is 10.4. The molecule has 0 aromatic carbocycles. The van der Waals surface area contributed by atoms with E-state index in [4.69, 9.17) is 9.47 Å². The van der Waals surface area contributed by atoms with Gasteiger partial charge in [0.1, 0.15) is 17.2 Å². The number of rotatable bonds is 3. The van der Waals surface area contributed by atoms with Gasteiger partial charge in [-0.3, -0.25) is 9.69 Å². The fourth-order valence-electron chi connectivity index (χ4n) is 4.68. The summed E-state index contributed by atoms with van der Waals surface area (Å²) in [6.07, 6.45) is 8.79. The fraction of sp³-hybridized carbons (Fsp3) is 0.650. The Bertz CT molecular complexity index is 863. The van der Waals surface area contributed by atoms with Crippen LogP contribution in [0.1, 0.15) is 24.5 Å². The molecular weight excluding hydrogens is 372 g/mol. The van der Waals surface area contributed by atoms with Gasteiger partial charge in [-0.15, -0.1) is 0 Å². The number of carbonyl (C=O) groups excluding carboxylic acids is 1. The lowest BCUT2D eigenvalue weighted by Crippen LogP contribution is -2.55. The molecule has 0 N–H and O–H groups in total. The number of piperidine rings is 1. The predicted molar refractivity (Wildman–Crippen MR) is 104 cm³/mol. The number of ether oxygens (including phenoxy) is 2. The maximum Gasteiger partial charge on any atom is 0.253 e. The number of amides is 1. The smallest absolute Gasteiger partial charge is 0.253 e. The Hall–Kier alpha value is -2.23. The molecule has 0 bridgehead atoms. The van der Waals surface area contributed by atoms with Gasteiger partial charge in [0, 0.05) is 58.0 Å². The molecule has 9 heteroatoms. The molecule has 2 aromatic rings. The minimum atomic E-state index is -0.494. The van der Waals surface area contributed by atoms with Crippen molar-refractivity contribution in [2.75, 3.05) is 39.4 Å². The monoisotopic (exact) mass is 400 g/mol. The summed E-state index contributed by atoms with van der Waals surface area (Å²) in [6.45, 7) is 5.61. The average molecular weight is 400 g/mol. The fourth-order valence-corrected chi connectivity index (χ4v) is 4.68. The zero-order valence-corrected chi connectivity index (χ0v) is 16.9. The minimum absolute atomic E-state index is 0.0717. The van der Waals surface area contributed by atoms with E-state index in [0.29, 0.717) is 32.8 Å². The topological polar surface area (TPSA) is 77.6 Å². The van der Waals surface area contributed by atoms with Crippen molar-refractivity contribution >= 4 is 5.91 Å². The number of fused-ring (bicyclic) bond motifs is 2. The zero-order valence-electron chi connectivity index (χ0n) is 16.9. The molecule has 29 heavy (non-hydrogen) atoms. The van der Waals surface area contributed by atoms with Crippen LogP contribution in [0.2, 0.25) is 0 Å². The summed E-state index contributed by atoms with van der Waals surface area (Å²) in [5.41, 5.74) is -0.494. The van der Waals surface area contributed by atoms with Crippen molar-refractivity contribution in [3.8, 4) is 0 Å². The Balaban J connectivity index is 1.31. The van der Waals surface area contributed by atoms with Crippen LogP contribution in [0.15, 0.2) is 24.8 Å². The van der Waals surface area contributed by atoms with Crippen LogP contribution >= 0.6 is 0 Å². The molecule has 0 radical (unpaired) electrons. The van der Waals surface area contributed by atoms with Crippen LogP contribution in [-0.4, -0.2) is 80.3 Å². The Morgan fingerprint density at radius 2 is 1.90 bits per heavy atom. The quantitative estimate of drug-likeness (QED) is 0.741. The van der Waals surface area contributed by atoms with E-state index in [9.17, 15) is 4.79 Å². The zero-order chi connectivity index (χ0) is 19.8. The van der Waals surface area contributed by atoms with E-state index in [0.717, 1.165) is 44.1 Å². The number of carbonyl (C=O) groups is 1. The minimum Gasteiger partial charge on any atom is -0.378 e. The second-order valence-electron chi connectivity index (χ2n) is 8.17. The lowest BCUT2D eigenvalue weighted by Gasteiger charge is -2.46. The van der Waals surface area contributed by atoms with Gasteiger partial charge in [0.2, 0.25) is 0 Å². The first-order valence-corrected chi connectivity index (χ1v) is 10.4. The second-order valence-corrected chi connectivity index (χ2v) is 8.17. The Kier molecular flexibility index (Phi) is 4.89. The van der Waals surface area contributed by atoms with Crippen LogP contribution < -0.4 is 0 Å². The molecule has 3 aliphatic rings. The first-order chi connectivity index (χ1) is 14.1. The standard InChI is InChI=1S/C20H28N6O3/c1-23-8-4-21-17(23)15-24-6-2-20(3-7-24)19-22-5-9-26(19)14-16(29-20)18(27)25-10-12-28-13-11-25/h4-5,8-9,16H,2-3,6-7,10-15H2,1H3. The van der Waals surface area contributed by atoms with Gasteiger partial charge in [0.25, 0.3) is 5.91 Å². The highest BCUT2D eigenvalue weighted by Crippen LogP contribution is 2.40. The Morgan fingerprint density at radius 1 is 1.14 bits per heavy atom. The third-order valence-corrected chi connectivity index (χ3v) is 6.40. The first kappa shape index (κ1) is 18.8. The summed E-state index contributed by atoms with van der Waals surface area (Å²) in [5, 5.41) is 0. The van der Waals surface area contributed by atoms with Gasteiger partial charge in [-0.05, 0) is 12.8 Å². The number of aryl methyl sites for hydroxylation is 1. The number of morpholine rings is 1. The van der Waals surface area contributed by atoms with Gasteiger partial charge in [-0.25, -0.2) is 9.97 Å². The van der Waals surface area contributed by atoms with E-state index in [1.165, 1.54) is 0 Å². The van der Waals surface area contributed by atoms with Gasteiger partial charge >= 0.3 is 0 Å². The molecule has 2 fully saturated rings. The molecule has 9 nitrogen and oxygen atoms in total. The third kappa shape index (κ3) is 3.47. The van der Waals surface area contributed by atoms with Crippen molar-refractivity contribution in [2.45, 2.75) is 37.6 Å². The van der Waals surface area contributed by atoms with Crippen molar-refractivity contribution in [1.29, 1.82) is 0 Å². The molecule has 0 saturated carbocycles. The summed E-state index contributed by atoms with van der Waals surface area (Å²) in [5.74, 6) is 2.09. The molecule has 0 aliphatic carbocycles. The number of nitrogens with zero attached hydrogens (tertiary/aromatic N) is 6. The predicted octanol–water partition coefficient (Wildman–Crippen LogP) is 0.366. The molecule has 1 amide bonds. The second kappa shape index (κ2) is 7.55. The van der Waals surface area contributed by atoms with E-state index in [-0.39, 0.29) is 5.91 Å². The van der Waals surface area contributed by atoms with Crippen molar-refractivity contribution in [3.05, 3.63) is 36.4 Å². The molecule has 1 spiro atoms. The normalized spacial score (nSPS) is 24.6. The highest BCUT2D eigenvalue weighted by atomic mass is 16.5. The summed E-state index contributed by atoms with van der Waals surface area (Å²) in [4.78, 5) is 26.4. The van der Waals surface area contributed by atoms with Crippen LogP contribution in [0.3, 0.4) is 0 Å². The van der Waals surface area contributed by atoms with Gasteiger partial charge in [0.05, 0.1) is 26.3 Å². The van der Waals surface area contributed by atoms with Crippen molar-refractivity contribution in [2.24, 2.45) is 7.05 Å². The molecule has 5 rings (SSSR count). The molecule has 2 aromatic heterocycles. The molecule has 5 heterocycles. The number of aromatic nitrogens is 4. The molecule has 3 aliphatic heterocycles. The van der Waals surface area contributed by atoms with Gasteiger partial charge in [-0.2, -0.15) is 0 Å². The maximum atomic E-state index is 13.1. The number of hydrogen-bond acceptors (Lipinski definition) is 6. The SMILES string of the molecule is Cn1ccnc1CN1CCC2(CC1)OC(C(=O)N1CCOCC1)Cn1ccnc12. The lowest BCUT2D eigenvalue weighted by atomic mass is 9.88. The number of hydrogen-bond donors (Lipinski definition) is 0. The van der Waals surface area contributed by atoms with Crippen molar-refractivity contribution in [3.63, 3.8) is 0 Å². The van der Waals surface area contributed by atoms with Crippen LogP contribution in [0.4, 0.5) is 0 Å². The van der Waals surface area contributed by atoms with Crippen LogP contribution in [-0.2, 0) is 40.0 Å². The lowest BCUT2D eigenvalue weighted by molar-refractivity contribution is -0.183. The number of imidazole rings is 2. The van der Waals surface area contributed by atoms with E-state index < -0.39 is 11.7 Å². The highest BCUT2D eigenvalue weighted by Gasteiger charge is 2.47.